The van der Waals surface area contributed by atoms with Crippen LogP contribution in [0.2, 0.25) is 0 Å². The third-order valence-corrected chi connectivity index (χ3v) is 2.03. The summed E-state index contributed by atoms with van der Waals surface area (Å²) >= 11 is 0. The molecule has 0 saturated carbocycles. The minimum atomic E-state index is -1.63. The molecule has 0 spiro atoms. The van der Waals surface area contributed by atoms with Gasteiger partial charge in [-0.05, 0) is 13.0 Å². The van der Waals surface area contributed by atoms with E-state index < -0.39 is 18.1 Å². The number of aliphatic hydroxyl groups excluding tert-OH is 1. The summed E-state index contributed by atoms with van der Waals surface area (Å²) in [5, 5.41) is 22.0. The molecule has 1 aromatic rings. The van der Waals surface area contributed by atoms with E-state index in [0.29, 0.717) is 18.2 Å². The molecular weight excluding hydrogens is 254 g/mol. The Morgan fingerprint density at radius 2 is 2.21 bits per heavy atom. The number of aromatic nitrogens is 1. The molecule has 0 saturated heterocycles. The molecule has 0 radical (unpaired) electrons. The number of aliphatic carboxylic acids is 1. The van der Waals surface area contributed by atoms with Crippen molar-refractivity contribution in [2.45, 2.75) is 13.0 Å². The topological polar surface area (TPSA) is 121 Å². The number of nitrogens with zero attached hydrogens (tertiary/aromatic N) is 1. The largest absolute Gasteiger partial charge is 0.479 e. The van der Waals surface area contributed by atoms with Crippen molar-refractivity contribution >= 4 is 17.7 Å². The smallest absolute Gasteiger partial charge is 0.334 e. The number of rotatable bonds is 6. The molecule has 8 nitrogen and oxygen atoms in total. The maximum atomic E-state index is 11.4. The Balaban J connectivity index is 2.41. The Hall–Kier alpha value is -2.35. The van der Waals surface area contributed by atoms with E-state index in [1.165, 1.54) is 6.20 Å². The second-order valence-electron chi connectivity index (χ2n) is 3.51. The van der Waals surface area contributed by atoms with E-state index in [9.17, 15) is 9.59 Å². The van der Waals surface area contributed by atoms with Crippen LogP contribution in [0.5, 0.6) is 5.88 Å². The van der Waals surface area contributed by atoms with E-state index in [2.05, 4.69) is 15.6 Å². The van der Waals surface area contributed by atoms with E-state index in [4.69, 9.17) is 14.9 Å². The number of hydrogen-bond acceptors (Lipinski definition) is 5. The number of carbonyl (C=O) groups excluding carboxylic acids is 1. The molecule has 19 heavy (non-hydrogen) atoms. The second-order valence-corrected chi connectivity index (χ2v) is 3.51. The van der Waals surface area contributed by atoms with Crippen LogP contribution in [0, 0.1) is 0 Å². The zero-order chi connectivity index (χ0) is 14.3. The molecule has 0 fully saturated rings. The maximum Gasteiger partial charge on any atom is 0.334 e. The number of carboxylic acid groups (broad SMARTS) is 1. The molecule has 0 aromatic carbocycles. The van der Waals surface area contributed by atoms with Crippen LogP contribution >= 0.6 is 0 Å². The van der Waals surface area contributed by atoms with Gasteiger partial charge in [-0.15, -0.1) is 0 Å². The van der Waals surface area contributed by atoms with Gasteiger partial charge < -0.3 is 25.6 Å². The second kappa shape index (κ2) is 7.17. The highest BCUT2D eigenvalue weighted by Gasteiger charge is 2.13. The Bertz CT molecular complexity index is 434. The van der Waals surface area contributed by atoms with Gasteiger partial charge in [-0.1, -0.05) is 0 Å². The fourth-order valence-electron chi connectivity index (χ4n) is 1.14. The summed E-state index contributed by atoms with van der Waals surface area (Å²) in [6.45, 7) is 1.94. The quantitative estimate of drug-likeness (QED) is 0.579. The number of aliphatic hydroxyl groups is 1. The Morgan fingerprint density at radius 3 is 2.74 bits per heavy atom. The van der Waals surface area contributed by atoms with Crippen molar-refractivity contribution in [3.63, 3.8) is 0 Å². The third-order valence-electron chi connectivity index (χ3n) is 2.03. The summed E-state index contributed by atoms with van der Waals surface area (Å²) in [4.78, 5) is 25.6. The van der Waals surface area contributed by atoms with E-state index >= 15 is 0 Å². The van der Waals surface area contributed by atoms with Crippen molar-refractivity contribution in [1.82, 2.24) is 10.3 Å². The number of carbonyl (C=O) groups is 2. The van der Waals surface area contributed by atoms with Crippen LogP contribution in [-0.2, 0) is 4.79 Å². The number of nitrogens with one attached hydrogen (secondary N) is 2. The summed E-state index contributed by atoms with van der Waals surface area (Å²) in [5.74, 6) is -0.960. The first-order valence-corrected chi connectivity index (χ1v) is 5.57. The van der Waals surface area contributed by atoms with Gasteiger partial charge >= 0.3 is 12.0 Å². The predicted octanol–water partition coefficient (Wildman–Crippen LogP) is 0.0473. The van der Waals surface area contributed by atoms with Crippen LogP contribution in [0.3, 0.4) is 0 Å². The predicted molar refractivity (Wildman–Crippen MR) is 66.1 cm³/mol. The average Bonchev–Trinajstić information content (AvgIpc) is 2.38. The molecule has 0 bridgehead atoms. The van der Waals surface area contributed by atoms with Gasteiger partial charge in [0.05, 0.1) is 25.0 Å². The number of pyridine rings is 1. The summed E-state index contributed by atoms with van der Waals surface area (Å²) in [7, 11) is 0. The van der Waals surface area contributed by atoms with Gasteiger partial charge in [0, 0.05) is 6.07 Å². The average molecular weight is 269 g/mol. The lowest BCUT2D eigenvalue weighted by Crippen LogP contribution is -2.38. The summed E-state index contributed by atoms with van der Waals surface area (Å²) < 4.78 is 5.13. The summed E-state index contributed by atoms with van der Waals surface area (Å²) in [6.07, 6.45) is -0.234. The number of amides is 2. The fourth-order valence-corrected chi connectivity index (χ4v) is 1.14. The Morgan fingerprint density at radius 1 is 1.47 bits per heavy atom. The van der Waals surface area contributed by atoms with E-state index in [1.54, 1.807) is 12.1 Å². The molecule has 104 valence electrons. The number of hydrogen-bond donors (Lipinski definition) is 4. The van der Waals surface area contributed by atoms with Gasteiger partial charge in [-0.2, -0.15) is 0 Å². The van der Waals surface area contributed by atoms with Crippen LogP contribution in [0.4, 0.5) is 10.5 Å². The van der Waals surface area contributed by atoms with E-state index in [-0.39, 0.29) is 6.54 Å². The van der Waals surface area contributed by atoms with Gasteiger partial charge in [0.15, 0.2) is 6.10 Å². The van der Waals surface area contributed by atoms with Crippen LogP contribution in [0.1, 0.15) is 6.92 Å². The summed E-state index contributed by atoms with van der Waals surface area (Å²) in [6, 6.07) is 2.54. The van der Waals surface area contributed by atoms with Gasteiger partial charge in [0.2, 0.25) is 5.88 Å². The molecule has 2 amide bonds. The third kappa shape index (κ3) is 5.21. The minimum absolute atomic E-state index is 0.383. The lowest BCUT2D eigenvalue weighted by molar-refractivity contribution is -0.146. The van der Waals surface area contributed by atoms with Gasteiger partial charge in [0.25, 0.3) is 0 Å². The van der Waals surface area contributed by atoms with Crippen molar-refractivity contribution < 1.29 is 24.5 Å². The van der Waals surface area contributed by atoms with Crippen LogP contribution in [0.15, 0.2) is 18.3 Å². The highest BCUT2D eigenvalue weighted by Crippen LogP contribution is 2.11. The number of urea groups is 1. The van der Waals surface area contributed by atoms with Crippen molar-refractivity contribution in [1.29, 1.82) is 0 Å². The lowest BCUT2D eigenvalue weighted by atomic mass is 10.3. The Labute approximate surface area is 109 Å². The van der Waals surface area contributed by atoms with Crippen molar-refractivity contribution in [2.75, 3.05) is 18.5 Å². The summed E-state index contributed by atoms with van der Waals surface area (Å²) in [5.41, 5.74) is 0.422. The molecule has 0 aliphatic rings. The van der Waals surface area contributed by atoms with Gasteiger partial charge in [-0.25, -0.2) is 14.6 Å². The molecule has 1 rings (SSSR count). The van der Waals surface area contributed by atoms with Crippen molar-refractivity contribution in [3.8, 4) is 5.88 Å². The molecule has 0 aliphatic heterocycles. The highest BCUT2D eigenvalue weighted by atomic mass is 16.5. The molecule has 8 heteroatoms. The lowest BCUT2D eigenvalue weighted by Gasteiger charge is -2.09. The van der Waals surface area contributed by atoms with E-state index in [0.717, 1.165) is 0 Å². The molecular formula is C11H15N3O5. The zero-order valence-corrected chi connectivity index (χ0v) is 10.3. The first-order valence-electron chi connectivity index (χ1n) is 5.57. The van der Waals surface area contributed by atoms with Crippen molar-refractivity contribution in [3.05, 3.63) is 18.3 Å². The van der Waals surface area contributed by atoms with E-state index in [1.807, 2.05) is 6.92 Å². The molecule has 0 aliphatic carbocycles. The SMILES string of the molecule is CCOc1ccc(NC(=O)NCC(O)C(=O)O)cn1. The number of anilines is 1. The molecule has 1 atom stereocenters. The monoisotopic (exact) mass is 269 g/mol. The fraction of sp³-hybridized carbons (Fsp3) is 0.364. The first kappa shape index (κ1) is 14.7. The van der Waals surface area contributed by atoms with Crippen LogP contribution in [-0.4, -0.2) is 46.5 Å². The van der Waals surface area contributed by atoms with Crippen molar-refractivity contribution in [2.24, 2.45) is 0 Å². The molecule has 4 N–H and O–H groups in total. The Kier molecular flexibility index (Phi) is 5.55. The van der Waals surface area contributed by atoms with Crippen LogP contribution < -0.4 is 15.4 Å². The number of ether oxygens (including phenoxy) is 1. The van der Waals surface area contributed by atoms with Gasteiger partial charge in [0.1, 0.15) is 0 Å². The first-order chi connectivity index (χ1) is 9.02. The highest BCUT2D eigenvalue weighted by molar-refractivity contribution is 5.89. The molecule has 1 aromatic heterocycles. The molecule has 1 heterocycles. The van der Waals surface area contributed by atoms with Crippen LogP contribution in [0.25, 0.3) is 0 Å². The van der Waals surface area contributed by atoms with Gasteiger partial charge in [-0.3, -0.25) is 0 Å². The maximum absolute atomic E-state index is 11.4. The molecule has 1 unspecified atom stereocenters. The number of carboxylic acids is 1. The standard InChI is InChI=1S/C11H15N3O5/c1-2-19-9-4-3-7(5-12-9)14-11(18)13-6-8(15)10(16)17/h3-5,8,15H,2,6H2,1H3,(H,16,17)(H2,13,14,18). The normalized spacial score (nSPS) is 11.5. The zero-order valence-electron chi connectivity index (χ0n) is 10.3. The minimum Gasteiger partial charge on any atom is -0.479 e.